The minimum atomic E-state index is -1.24. The van der Waals surface area contributed by atoms with Crippen molar-refractivity contribution in [3.63, 3.8) is 0 Å². The smallest absolute Gasteiger partial charge is 0.331 e. The summed E-state index contributed by atoms with van der Waals surface area (Å²) < 4.78 is 9.84. The Kier molecular flexibility index (Phi) is 9.58. The lowest BCUT2D eigenvalue weighted by Crippen LogP contribution is -2.42. The zero-order chi connectivity index (χ0) is 23.9. The molecule has 0 aliphatic rings. The predicted molar refractivity (Wildman–Crippen MR) is 106 cm³/mol. The zero-order valence-corrected chi connectivity index (χ0v) is 18.7. The lowest BCUT2D eigenvalue weighted by molar-refractivity contribution is -0.153. The zero-order valence-electron chi connectivity index (χ0n) is 18.7. The van der Waals surface area contributed by atoms with Crippen LogP contribution >= 0.6 is 0 Å². The average molecular weight is 426 g/mol. The first kappa shape index (κ1) is 27.0. The van der Waals surface area contributed by atoms with Crippen LogP contribution in [0.2, 0.25) is 0 Å². The number of carbonyl (C=O) groups is 6. The lowest BCUT2D eigenvalue weighted by Gasteiger charge is -2.23. The van der Waals surface area contributed by atoms with E-state index in [9.17, 15) is 28.8 Å². The maximum absolute atomic E-state index is 12.1. The summed E-state index contributed by atoms with van der Waals surface area (Å²) in [7, 11) is 5.73. The highest BCUT2D eigenvalue weighted by Gasteiger charge is 2.36. The number of nitrogens with zero attached hydrogens (tertiary/aromatic N) is 2. The van der Waals surface area contributed by atoms with Crippen LogP contribution in [0.3, 0.4) is 0 Å². The molecule has 0 aromatic heterocycles. The minimum Gasteiger partial charge on any atom is -0.461 e. The van der Waals surface area contributed by atoms with Gasteiger partial charge >= 0.3 is 11.9 Å². The molecule has 2 amide bonds. The molecule has 0 fully saturated rings. The monoisotopic (exact) mass is 426 g/mol. The molecule has 0 aromatic carbocycles. The highest BCUT2D eigenvalue weighted by atomic mass is 16.5. The van der Waals surface area contributed by atoms with Crippen LogP contribution in [-0.2, 0) is 38.2 Å². The van der Waals surface area contributed by atoms with E-state index >= 15 is 0 Å². The fourth-order valence-corrected chi connectivity index (χ4v) is 1.85. The van der Waals surface area contributed by atoms with Crippen LogP contribution in [0.15, 0.2) is 12.2 Å². The fraction of sp³-hybridized carbons (Fsp3) is 0.600. The SMILES string of the molecule is CN(C)C(=O)C(=O)C(C)(C)COC(=O)/C=C/C(=O)OCC(C)(C)C(=O)C(=O)N(C)C. The van der Waals surface area contributed by atoms with E-state index in [2.05, 4.69) is 0 Å². The van der Waals surface area contributed by atoms with E-state index in [1.807, 2.05) is 0 Å². The van der Waals surface area contributed by atoms with E-state index in [4.69, 9.17) is 9.47 Å². The summed E-state index contributed by atoms with van der Waals surface area (Å²) in [5.41, 5.74) is -2.48. The standard InChI is InChI=1S/C20H30N2O8/c1-19(2,15(25)17(27)21(5)6)11-29-13(23)9-10-14(24)30-12-20(3,4)16(26)18(28)22(7)8/h9-10H,11-12H2,1-8H3/b10-9+. The Morgan fingerprint density at radius 1 is 0.633 bits per heavy atom. The third-order valence-corrected chi connectivity index (χ3v) is 3.94. The molecular formula is C20H30N2O8. The molecule has 0 atom stereocenters. The Balaban J connectivity index is 4.70. The molecule has 30 heavy (non-hydrogen) atoms. The summed E-state index contributed by atoms with van der Waals surface area (Å²) in [5, 5.41) is 0. The van der Waals surface area contributed by atoms with Crippen LogP contribution in [0.5, 0.6) is 0 Å². The number of ether oxygens (including phenoxy) is 2. The normalized spacial score (nSPS) is 11.6. The second kappa shape index (κ2) is 10.7. The summed E-state index contributed by atoms with van der Waals surface area (Å²) in [5.74, 6) is -4.71. The van der Waals surface area contributed by atoms with Crippen LogP contribution in [0.1, 0.15) is 27.7 Å². The minimum absolute atomic E-state index is 0.363. The van der Waals surface area contributed by atoms with Gasteiger partial charge in [-0.15, -0.1) is 0 Å². The third kappa shape index (κ3) is 8.14. The molecule has 168 valence electrons. The first-order valence-electron chi connectivity index (χ1n) is 9.06. The molecule has 0 rings (SSSR count). The van der Waals surface area contributed by atoms with Gasteiger partial charge in [0.1, 0.15) is 13.2 Å². The van der Waals surface area contributed by atoms with Crippen LogP contribution in [0, 0.1) is 10.8 Å². The van der Waals surface area contributed by atoms with Crippen LogP contribution in [0.25, 0.3) is 0 Å². The third-order valence-electron chi connectivity index (χ3n) is 3.94. The van der Waals surface area contributed by atoms with Crippen molar-refractivity contribution in [1.82, 2.24) is 9.80 Å². The number of rotatable bonds is 10. The summed E-state index contributed by atoms with van der Waals surface area (Å²) in [6.45, 7) is 5.09. The molecule has 0 aliphatic carbocycles. The van der Waals surface area contributed by atoms with Gasteiger partial charge in [0.05, 0.1) is 10.8 Å². The van der Waals surface area contributed by atoms with Gasteiger partial charge in [0.15, 0.2) is 0 Å². The molecule has 0 aliphatic heterocycles. The molecule has 0 radical (unpaired) electrons. The van der Waals surface area contributed by atoms with E-state index < -0.39 is 46.1 Å². The van der Waals surface area contributed by atoms with Gasteiger partial charge in [0.25, 0.3) is 11.8 Å². The van der Waals surface area contributed by atoms with Crippen LogP contribution in [-0.4, -0.2) is 86.5 Å². The highest BCUT2D eigenvalue weighted by Crippen LogP contribution is 2.19. The van der Waals surface area contributed by atoms with E-state index in [-0.39, 0.29) is 13.2 Å². The van der Waals surface area contributed by atoms with Gasteiger partial charge in [-0.1, -0.05) is 0 Å². The number of hydrogen-bond donors (Lipinski definition) is 0. The summed E-state index contributed by atoms with van der Waals surface area (Å²) in [6.07, 6.45) is 1.60. The van der Waals surface area contributed by atoms with Crippen molar-refractivity contribution >= 4 is 35.3 Å². The Bertz CT molecular complexity index is 686. The lowest BCUT2D eigenvalue weighted by atomic mass is 9.88. The van der Waals surface area contributed by atoms with E-state index in [1.54, 1.807) is 0 Å². The van der Waals surface area contributed by atoms with E-state index in [0.29, 0.717) is 0 Å². The van der Waals surface area contributed by atoms with Crippen molar-refractivity contribution in [2.75, 3.05) is 41.4 Å². The molecule has 0 N–H and O–H groups in total. The molecule has 0 spiro atoms. The molecule has 0 saturated carbocycles. The molecule has 0 aromatic rings. The first-order valence-corrected chi connectivity index (χ1v) is 9.06. The topological polar surface area (TPSA) is 127 Å². The molecule has 0 unspecified atom stereocenters. The highest BCUT2D eigenvalue weighted by molar-refractivity contribution is 6.38. The number of carbonyl (C=O) groups excluding carboxylic acids is 6. The van der Waals surface area contributed by atoms with Gasteiger partial charge in [-0.2, -0.15) is 0 Å². The first-order chi connectivity index (χ1) is 13.5. The van der Waals surface area contributed by atoms with E-state index in [0.717, 1.165) is 22.0 Å². The Labute approximate surface area is 176 Å². The predicted octanol–water partition coefficient (Wildman–Crippen LogP) is -0.00400. The maximum Gasteiger partial charge on any atom is 0.331 e. The van der Waals surface area contributed by atoms with Crippen molar-refractivity contribution in [2.24, 2.45) is 10.8 Å². The van der Waals surface area contributed by atoms with Crippen molar-refractivity contribution in [3.8, 4) is 0 Å². The molecule has 0 saturated heterocycles. The van der Waals surface area contributed by atoms with Gasteiger partial charge in [-0.25, -0.2) is 9.59 Å². The van der Waals surface area contributed by atoms with Crippen molar-refractivity contribution in [1.29, 1.82) is 0 Å². The number of amides is 2. The second-order valence-electron chi connectivity index (χ2n) is 8.37. The largest absolute Gasteiger partial charge is 0.461 e. The molecule has 0 heterocycles. The van der Waals surface area contributed by atoms with E-state index in [1.165, 1.54) is 55.9 Å². The maximum atomic E-state index is 12.1. The van der Waals surface area contributed by atoms with Crippen molar-refractivity contribution in [3.05, 3.63) is 12.2 Å². The number of likely N-dealkylation sites (N-methyl/N-ethyl adjacent to an activating group) is 2. The number of ketones is 2. The Morgan fingerprint density at radius 2 is 0.900 bits per heavy atom. The number of Topliss-reactive ketones (excluding diaryl/α,β-unsaturated/α-hetero) is 2. The number of esters is 2. The summed E-state index contributed by atoms with van der Waals surface area (Å²) >= 11 is 0. The second-order valence-corrected chi connectivity index (χ2v) is 8.37. The quantitative estimate of drug-likeness (QED) is 0.271. The molecule has 10 nitrogen and oxygen atoms in total. The summed E-state index contributed by atoms with van der Waals surface area (Å²) in [6, 6.07) is 0. The average Bonchev–Trinajstić information content (AvgIpc) is 2.66. The molecule has 10 heteroatoms. The van der Waals surface area contributed by atoms with Gasteiger partial charge < -0.3 is 19.3 Å². The molecular weight excluding hydrogens is 396 g/mol. The van der Waals surface area contributed by atoms with Crippen molar-refractivity contribution < 1.29 is 38.2 Å². The summed E-state index contributed by atoms with van der Waals surface area (Å²) in [4.78, 5) is 73.4. The van der Waals surface area contributed by atoms with Crippen molar-refractivity contribution in [2.45, 2.75) is 27.7 Å². The Morgan fingerprint density at radius 3 is 1.13 bits per heavy atom. The fourth-order valence-electron chi connectivity index (χ4n) is 1.85. The Hall–Kier alpha value is -3.04. The van der Waals surface area contributed by atoms with Gasteiger partial charge in [0.2, 0.25) is 11.6 Å². The molecule has 0 bridgehead atoms. The van der Waals surface area contributed by atoms with Gasteiger partial charge in [-0.05, 0) is 27.7 Å². The van der Waals surface area contributed by atoms with Gasteiger partial charge in [0, 0.05) is 40.3 Å². The van der Waals surface area contributed by atoms with Crippen LogP contribution in [0.4, 0.5) is 0 Å². The number of hydrogen-bond acceptors (Lipinski definition) is 8. The van der Waals surface area contributed by atoms with Gasteiger partial charge in [-0.3, -0.25) is 19.2 Å². The van der Waals surface area contributed by atoms with Crippen LogP contribution < -0.4 is 0 Å².